The topological polar surface area (TPSA) is 104 Å². The summed E-state index contributed by atoms with van der Waals surface area (Å²) in [5.41, 5.74) is 4.26. The Labute approximate surface area is 209 Å². The molecule has 0 amide bonds. The van der Waals surface area contributed by atoms with Crippen molar-refractivity contribution in [3.63, 3.8) is 0 Å². The molecule has 36 heavy (non-hydrogen) atoms. The van der Waals surface area contributed by atoms with E-state index in [1.54, 1.807) is 13.2 Å². The van der Waals surface area contributed by atoms with Gasteiger partial charge in [0.1, 0.15) is 0 Å². The first-order valence-corrected chi connectivity index (χ1v) is 12.0. The minimum absolute atomic E-state index is 0.0472. The van der Waals surface area contributed by atoms with Gasteiger partial charge in [0.05, 0.1) is 28.0 Å². The highest BCUT2D eigenvalue weighted by molar-refractivity contribution is 6.22. The van der Waals surface area contributed by atoms with Crippen LogP contribution in [0, 0.1) is 10.1 Å². The van der Waals surface area contributed by atoms with E-state index in [9.17, 15) is 15.2 Å². The monoisotopic (exact) mass is 484 g/mol. The molecule has 0 spiro atoms. The second-order valence-electron chi connectivity index (χ2n) is 9.04. The molecule has 1 fully saturated rings. The number of hydrogen-bond donors (Lipinski definition) is 2. The van der Waals surface area contributed by atoms with Gasteiger partial charge in [-0.15, -0.1) is 0 Å². The lowest BCUT2D eigenvalue weighted by atomic mass is 10.0. The predicted octanol–water partition coefficient (Wildman–Crippen LogP) is 5.56. The molecular weight excluding hydrogens is 456 g/mol. The number of nitro groups is 1. The lowest BCUT2D eigenvalue weighted by Crippen LogP contribution is -2.36. The number of nitrogens with zero attached hydrogens (tertiary/aromatic N) is 3. The van der Waals surface area contributed by atoms with Gasteiger partial charge in [-0.25, -0.2) is 4.99 Å². The normalized spacial score (nSPS) is 15.4. The number of aliphatic imine (C=N–C) groups is 1. The maximum Gasteiger partial charge on any atom is 0.270 e. The van der Waals surface area contributed by atoms with Gasteiger partial charge in [-0.2, -0.15) is 0 Å². The fourth-order valence-electron chi connectivity index (χ4n) is 4.75. The van der Waals surface area contributed by atoms with Crippen molar-refractivity contribution in [2.75, 3.05) is 20.2 Å². The van der Waals surface area contributed by atoms with Gasteiger partial charge < -0.3 is 14.8 Å². The van der Waals surface area contributed by atoms with Crippen molar-refractivity contribution in [2.45, 2.75) is 25.5 Å². The van der Waals surface area contributed by atoms with Crippen molar-refractivity contribution in [1.29, 1.82) is 0 Å². The molecule has 1 aromatic heterocycles. The molecule has 3 aromatic carbocycles. The average Bonchev–Trinajstić information content (AvgIpc) is 3.24. The number of methoxy groups -OCH3 is 1. The van der Waals surface area contributed by atoms with Crippen molar-refractivity contribution >= 4 is 28.0 Å². The minimum Gasteiger partial charge on any atom is -0.494 e. The number of H-pyrrole nitrogens is 1. The number of aromatic nitrogens is 1. The Morgan fingerprint density at radius 2 is 1.83 bits per heavy atom. The van der Waals surface area contributed by atoms with E-state index in [1.807, 2.05) is 42.5 Å². The third kappa shape index (κ3) is 5.00. The van der Waals surface area contributed by atoms with Crippen molar-refractivity contribution in [1.82, 2.24) is 9.88 Å². The van der Waals surface area contributed by atoms with Crippen LogP contribution in [0.4, 0.5) is 11.4 Å². The Kier molecular flexibility index (Phi) is 6.79. The standard InChI is InChI=1S/C28H28N4O4/c1-36-23-13-15-31(16-14-23)18-19-7-9-21(10-8-19)29-27(20-5-3-2-4-6-20)26-24-17-22(32(34)35)11-12-25(24)30-28(26)33/h2-12,17,23,30,33H,13-16,18H2,1H3. The molecule has 5 rings (SSSR count). The molecule has 0 bridgehead atoms. The van der Waals surface area contributed by atoms with Crippen LogP contribution in [0.2, 0.25) is 0 Å². The molecule has 0 unspecified atom stereocenters. The maximum absolute atomic E-state index is 11.4. The number of fused-ring (bicyclic) bond motifs is 1. The number of nitrogens with one attached hydrogen (secondary N) is 1. The number of hydrogen-bond acceptors (Lipinski definition) is 6. The largest absolute Gasteiger partial charge is 0.494 e. The van der Waals surface area contributed by atoms with E-state index in [1.165, 1.54) is 17.7 Å². The van der Waals surface area contributed by atoms with Gasteiger partial charge in [0, 0.05) is 55.3 Å². The summed E-state index contributed by atoms with van der Waals surface area (Å²) >= 11 is 0. The van der Waals surface area contributed by atoms with Crippen LogP contribution in [0.1, 0.15) is 29.5 Å². The Morgan fingerprint density at radius 1 is 1.11 bits per heavy atom. The molecule has 184 valence electrons. The quantitative estimate of drug-likeness (QED) is 0.203. The summed E-state index contributed by atoms with van der Waals surface area (Å²) in [5, 5.41) is 22.8. The Hall–Kier alpha value is -4.01. The Bertz CT molecular complexity index is 1390. The van der Waals surface area contributed by atoms with E-state index in [0.29, 0.717) is 28.3 Å². The number of benzene rings is 3. The molecule has 2 heterocycles. The molecule has 1 aliphatic heterocycles. The summed E-state index contributed by atoms with van der Waals surface area (Å²) in [6.45, 7) is 2.91. The second kappa shape index (κ2) is 10.3. The van der Waals surface area contributed by atoms with E-state index in [0.717, 1.165) is 43.7 Å². The van der Waals surface area contributed by atoms with E-state index >= 15 is 0 Å². The number of rotatable bonds is 7. The number of nitro benzene ring substituents is 1. The third-order valence-electron chi connectivity index (χ3n) is 6.71. The first kappa shape index (κ1) is 23.7. The first-order valence-electron chi connectivity index (χ1n) is 12.0. The van der Waals surface area contributed by atoms with Crippen molar-refractivity contribution < 1.29 is 14.8 Å². The number of non-ortho nitro benzene ring substituents is 1. The van der Waals surface area contributed by atoms with Gasteiger partial charge >= 0.3 is 0 Å². The fourth-order valence-corrected chi connectivity index (χ4v) is 4.75. The fraction of sp³-hybridized carbons (Fsp3) is 0.250. The average molecular weight is 485 g/mol. The first-order chi connectivity index (χ1) is 17.5. The summed E-state index contributed by atoms with van der Waals surface area (Å²) in [6.07, 6.45) is 2.45. The van der Waals surface area contributed by atoms with Crippen LogP contribution in [0.15, 0.2) is 77.8 Å². The van der Waals surface area contributed by atoms with E-state index < -0.39 is 4.92 Å². The zero-order chi connectivity index (χ0) is 25.1. The molecule has 8 nitrogen and oxygen atoms in total. The van der Waals surface area contributed by atoms with Crippen LogP contribution in [-0.2, 0) is 11.3 Å². The Balaban J connectivity index is 1.49. The van der Waals surface area contributed by atoms with E-state index in [4.69, 9.17) is 9.73 Å². The molecule has 0 radical (unpaired) electrons. The molecule has 0 atom stereocenters. The van der Waals surface area contributed by atoms with Crippen LogP contribution < -0.4 is 0 Å². The van der Waals surface area contributed by atoms with Gasteiger partial charge in [-0.05, 0) is 36.6 Å². The van der Waals surface area contributed by atoms with E-state index in [2.05, 4.69) is 22.0 Å². The van der Waals surface area contributed by atoms with Crippen LogP contribution >= 0.6 is 0 Å². The highest BCUT2D eigenvalue weighted by Gasteiger charge is 2.21. The highest BCUT2D eigenvalue weighted by Crippen LogP contribution is 2.33. The molecule has 0 saturated carbocycles. The number of likely N-dealkylation sites (tertiary alicyclic amines) is 1. The smallest absolute Gasteiger partial charge is 0.270 e. The molecule has 8 heteroatoms. The van der Waals surface area contributed by atoms with Crippen LogP contribution in [0.3, 0.4) is 0 Å². The molecule has 1 saturated heterocycles. The predicted molar refractivity (Wildman–Crippen MR) is 140 cm³/mol. The molecule has 4 aromatic rings. The van der Waals surface area contributed by atoms with Crippen LogP contribution in [-0.4, -0.2) is 51.9 Å². The second-order valence-corrected chi connectivity index (χ2v) is 9.04. The summed E-state index contributed by atoms with van der Waals surface area (Å²) in [7, 11) is 1.78. The van der Waals surface area contributed by atoms with Crippen LogP contribution in [0.5, 0.6) is 5.88 Å². The summed E-state index contributed by atoms with van der Waals surface area (Å²) in [6, 6.07) is 22.1. The molecule has 2 N–H and O–H groups in total. The number of piperidine rings is 1. The number of aromatic hydroxyl groups is 1. The van der Waals surface area contributed by atoms with Gasteiger partial charge in [0.2, 0.25) is 0 Å². The van der Waals surface area contributed by atoms with Gasteiger partial charge in [-0.1, -0.05) is 42.5 Å². The van der Waals surface area contributed by atoms with Gasteiger partial charge in [0.15, 0.2) is 5.88 Å². The maximum atomic E-state index is 11.4. The van der Waals surface area contributed by atoms with Crippen LogP contribution in [0.25, 0.3) is 10.9 Å². The van der Waals surface area contributed by atoms with Gasteiger partial charge in [0.25, 0.3) is 5.69 Å². The summed E-state index contributed by atoms with van der Waals surface area (Å²) in [5.74, 6) is -0.0795. The Morgan fingerprint density at radius 3 is 2.50 bits per heavy atom. The molecule has 0 aliphatic carbocycles. The zero-order valence-electron chi connectivity index (χ0n) is 20.1. The molecular formula is C28H28N4O4. The summed E-state index contributed by atoms with van der Waals surface area (Å²) in [4.78, 5) is 21.2. The zero-order valence-corrected chi connectivity index (χ0v) is 20.1. The third-order valence-corrected chi connectivity index (χ3v) is 6.71. The SMILES string of the molecule is COC1CCN(Cc2ccc(N=C(c3ccccc3)c3c(O)[nH]c4ccc([N+](=O)[O-])cc34)cc2)CC1. The molecule has 1 aliphatic rings. The van der Waals surface area contributed by atoms with E-state index in [-0.39, 0.29) is 11.6 Å². The van der Waals surface area contributed by atoms with Crippen molar-refractivity contribution in [3.8, 4) is 5.88 Å². The lowest BCUT2D eigenvalue weighted by Gasteiger charge is -2.31. The minimum atomic E-state index is -0.441. The lowest BCUT2D eigenvalue weighted by molar-refractivity contribution is -0.384. The summed E-state index contributed by atoms with van der Waals surface area (Å²) < 4.78 is 5.47. The highest BCUT2D eigenvalue weighted by atomic mass is 16.6. The van der Waals surface area contributed by atoms with Gasteiger partial charge in [-0.3, -0.25) is 15.0 Å². The number of aromatic amines is 1. The van der Waals surface area contributed by atoms with Crippen molar-refractivity contribution in [2.24, 2.45) is 4.99 Å². The van der Waals surface area contributed by atoms with Crippen molar-refractivity contribution in [3.05, 3.63) is 99.6 Å². The number of ether oxygens (including phenoxy) is 1.